The minimum absolute atomic E-state index is 0.00394. The molecular formula is C26H23F2NO2. The molecule has 1 aliphatic heterocycles. The van der Waals surface area contributed by atoms with E-state index in [0.29, 0.717) is 0 Å². The van der Waals surface area contributed by atoms with Gasteiger partial charge in [0, 0.05) is 0 Å². The van der Waals surface area contributed by atoms with Crippen LogP contribution in [0.4, 0.5) is 8.78 Å². The zero-order valence-electron chi connectivity index (χ0n) is 17.4. The number of hydrogen-bond donors (Lipinski definition) is 0. The third-order valence-electron chi connectivity index (χ3n) is 5.32. The predicted octanol–water partition coefficient (Wildman–Crippen LogP) is 6.49. The molecule has 3 aromatic carbocycles. The van der Waals surface area contributed by atoms with Gasteiger partial charge in [-0.05, 0) is 60.4 Å². The van der Waals surface area contributed by atoms with Gasteiger partial charge >= 0.3 is 0 Å². The molecule has 1 aliphatic rings. The second-order valence-corrected chi connectivity index (χ2v) is 7.61. The largest absolute Gasteiger partial charge is 0.486 e. The van der Waals surface area contributed by atoms with E-state index in [1.807, 2.05) is 62.4 Å². The summed E-state index contributed by atoms with van der Waals surface area (Å²) in [4.78, 5) is 4.40. The lowest BCUT2D eigenvalue weighted by molar-refractivity contribution is 0.258. The van der Waals surface area contributed by atoms with E-state index in [9.17, 15) is 8.78 Å². The summed E-state index contributed by atoms with van der Waals surface area (Å²) < 4.78 is 39.3. The highest BCUT2D eigenvalue weighted by Gasteiger charge is 2.26. The monoisotopic (exact) mass is 419 g/mol. The van der Waals surface area contributed by atoms with Crippen LogP contribution in [0.3, 0.4) is 0 Å². The Morgan fingerprint density at radius 1 is 1.00 bits per heavy atom. The van der Waals surface area contributed by atoms with Crippen molar-refractivity contribution < 1.29 is 18.3 Å². The maximum Gasteiger partial charge on any atom is 0.222 e. The van der Waals surface area contributed by atoms with Crippen molar-refractivity contribution in [1.82, 2.24) is 0 Å². The highest BCUT2D eigenvalue weighted by Crippen LogP contribution is 2.30. The summed E-state index contributed by atoms with van der Waals surface area (Å²) in [5.74, 6) is -0.565. The molecule has 5 heteroatoms. The summed E-state index contributed by atoms with van der Waals surface area (Å²) in [7, 11) is 0. The normalized spacial score (nSPS) is 16.4. The van der Waals surface area contributed by atoms with Crippen LogP contribution in [-0.2, 0) is 4.74 Å². The van der Waals surface area contributed by atoms with Gasteiger partial charge in [0.25, 0.3) is 0 Å². The molecule has 3 aromatic rings. The highest BCUT2D eigenvalue weighted by molar-refractivity contribution is 5.95. The smallest absolute Gasteiger partial charge is 0.222 e. The van der Waals surface area contributed by atoms with Gasteiger partial charge in [0.15, 0.2) is 0 Å². The predicted molar refractivity (Wildman–Crippen MR) is 118 cm³/mol. The van der Waals surface area contributed by atoms with Crippen LogP contribution in [0.1, 0.15) is 31.0 Å². The standard InChI is InChI=1S/C26H23F2NO2/c1-16(2)17(3)31-21-13-11-19(12-14-21)18-7-9-20(10-8-18)24-15-30-26(29-24)25-22(27)5-4-6-23(25)28/h4-14,17,24H,1,15H2,2-3H3. The van der Waals surface area contributed by atoms with Gasteiger partial charge in [0.1, 0.15) is 41.7 Å². The van der Waals surface area contributed by atoms with E-state index < -0.39 is 11.6 Å². The molecule has 4 rings (SSSR count). The summed E-state index contributed by atoms with van der Waals surface area (Å²) in [6.07, 6.45) is -0.0398. The summed E-state index contributed by atoms with van der Waals surface area (Å²) >= 11 is 0. The van der Waals surface area contributed by atoms with Gasteiger partial charge in [0.2, 0.25) is 5.90 Å². The zero-order chi connectivity index (χ0) is 22.0. The molecule has 3 nitrogen and oxygen atoms in total. The van der Waals surface area contributed by atoms with Crippen LogP contribution in [0.25, 0.3) is 11.1 Å². The fraction of sp³-hybridized carbons (Fsp3) is 0.192. The van der Waals surface area contributed by atoms with Gasteiger partial charge < -0.3 is 9.47 Å². The van der Waals surface area contributed by atoms with E-state index in [2.05, 4.69) is 11.6 Å². The Morgan fingerprint density at radius 3 is 2.16 bits per heavy atom. The molecular weight excluding hydrogens is 396 g/mol. The molecule has 0 amide bonds. The van der Waals surface area contributed by atoms with Crippen LogP contribution in [-0.4, -0.2) is 18.6 Å². The maximum absolute atomic E-state index is 14.0. The van der Waals surface area contributed by atoms with E-state index in [4.69, 9.17) is 9.47 Å². The Balaban J connectivity index is 1.49. The van der Waals surface area contributed by atoms with Crippen molar-refractivity contribution >= 4 is 5.90 Å². The van der Waals surface area contributed by atoms with Gasteiger partial charge in [-0.1, -0.05) is 49.0 Å². The maximum atomic E-state index is 14.0. The molecule has 0 N–H and O–H groups in total. The van der Waals surface area contributed by atoms with E-state index in [-0.39, 0.29) is 30.2 Å². The molecule has 31 heavy (non-hydrogen) atoms. The van der Waals surface area contributed by atoms with Crippen LogP contribution in [0, 0.1) is 11.6 Å². The number of hydrogen-bond acceptors (Lipinski definition) is 3. The average Bonchev–Trinajstić information content (AvgIpc) is 3.24. The highest BCUT2D eigenvalue weighted by atomic mass is 19.1. The van der Waals surface area contributed by atoms with E-state index >= 15 is 0 Å². The molecule has 0 saturated carbocycles. The molecule has 0 fully saturated rings. The minimum atomic E-state index is -0.681. The molecule has 0 aliphatic carbocycles. The van der Waals surface area contributed by atoms with Crippen molar-refractivity contribution in [2.45, 2.75) is 26.0 Å². The molecule has 2 atom stereocenters. The van der Waals surface area contributed by atoms with E-state index in [1.165, 1.54) is 18.2 Å². The third kappa shape index (κ3) is 4.50. The molecule has 0 aromatic heterocycles. The Hall–Kier alpha value is -3.47. The number of nitrogens with zero attached hydrogens (tertiary/aromatic N) is 1. The SMILES string of the molecule is C=C(C)C(C)Oc1ccc(-c2ccc(C3COC(c4c(F)cccc4F)=N3)cc2)cc1. The molecule has 1 heterocycles. The molecule has 2 unspecified atom stereocenters. The van der Waals surface area contributed by atoms with Gasteiger partial charge in [-0.2, -0.15) is 0 Å². The van der Waals surface area contributed by atoms with E-state index in [0.717, 1.165) is 28.0 Å². The fourth-order valence-electron chi connectivity index (χ4n) is 3.31. The van der Waals surface area contributed by atoms with Gasteiger partial charge in [-0.25, -0.2) is 13.8 Å². The summed E-state index contributed by atoms with van der Waals surface area (Å²) in [5, 5.41) is 0. The fourth-order valence-corrected chi connectivity index (χ4v) is 3.31. The Morgan fingerprint density at radius 2 is 1.58 bits per heavy atom. The lowest BCUT2D eigenvalue weighted by atomic mass is 10.0. The molecule has 0 bridgehead atoms. The second-order valence-electron chi connectivity index (χ2n) is 7.61. The van der Waals surface area contributed by atoms with Crippen molar-refractivity contribution in [3.8, 4) is 16.9 Å². The van der Waals surface area contributed by atoms with Crippen LogP contribution < -0.4 is 4.74 Å². The summed E-state index contributed by atoms with van der Waals surface area (Å²) in [6.45, 7) is 8.06. The Labute approximate surface area is 180 Å². The molecule has 158 valence electrons. The lowest BCUT2D eigenvalue weighted by Gasteiger charge is -2.15. The van der Waals surface area contributed by atoms with Gasteiger partial charge in [-0.15, -0.1) is 0 Å². The second kappa shape index (κ2) is 8.72. The lowest BCUT2D eigenvalue weighted by Crippen LogP contribution is -2.12. The molecule has 0 radical (unpaired) electrons. The Kier molecular flexibility index (Phi) is 5.85. The number of ether oxygens (including phenoxy) is 2. The first-order chi connectivity index (χ1) is 14.9. The summed E-state index contributed by atoms with van der Waals surface area (Å²) in [5.41, 5.74) is 3.78. The van der Waals surface area contributed by atoms with Crippen molar-refractivity contribution in [3.05, 3.63) is 102 Å². The number of rotatable bonds is 6. The topological polar surface area (TPSA) is 30.8 Å². The average molecular weight is 419 g/mol. The zero-order valence-corrected chi connectivity index (χ0v) is 17.4. The van der Waals surface area contributed by atoms with Crippen molar-refractivity contribution in [1.29, 1.82) is 0 Å². The van der Waals surface area contributed by atoms with Crippen LogP contribution in [0.5, 0.6) is 5.75 Å². The number of benzene rings is 3. The first kappa shape index (κ1) is 20.8. The number of aliphatic imine (C=N–C) groups is 1. The number of halogens is 2. The van der Waals surface area contributed by atoms with Crippen molar-refractivity contribution in [2.75, 3.05) is 6.61 Å². The van der Waals surface area contributed by atoms with Gasteiger partial charge in [0.05, 0.1) is 0 Å². The Bertz CT molecular complexity index is 1100. The molecule has 0 spiro atoms. The van der Waals surface area contributed by atoms with Crippen molar-refractivity contribution in [3.63, 3.8) is 0 Å². The van der Waals surface area contributed by atoms with Crippen LogP contribution in [0.15, 0.2) is 83.9 Å². The van der Waals surface area contributed by atoms with Gasteiger partial charge in [-0.3, -0.25) is 0 Å². The summed E-state index contributed by atoms with van der Waals surface area (Å²) in [6, 6.07) is 19.2. The minimum Gasteiger partial charge on any atom is -0.486 e. The van der Waals surface area contributed by atoms with Crippen LogP contribution >= 0.6 is 0 Å². The third-order valence-corrected chi connectivity index (χ3v) is 5.32. The molecule has 0 saturated heterocycles. The quantitative estimate of drug-likeness (QED) is 0.428. The first-order valence-electron chi connectivity index (χ1n) is 10.1. The first-order valence-corrected chi connectivity index (χ1v) is 10.1. The van der Waals surface area contributed by atoms with Crippen LogP contribution in [0.2, 0.25) is 0 Å². The van der Waals surface area contributed by atoms with Crippen molar-refractivity contribution in [2.24, 2.45) is 4.99 Å². The van der Waals surface area contributed by atoms with E-state index in [1.54, 1.807) is 0 Å².